The second-order valence-electron chi connectivity index (χ2n) is 5.45. The molecule has 0 aliphatic carbocycles. The Hall–Kier alpha value is -2.18. The zero-order valence-corrected chi connectivity index (χ0v) is 12.9. The van der Waals surface area contributed by atoms with Gasteiger partial charge in [0.2, 0.25) is 10.0 Å². The van der Waals surface area contributed by atoms with Gasteiger partial charge in [-0.1, -0.05) is 25.1 Å². The first-order valence-electron chi connectivity index (χ1n) is 6.91. The Morgan fingerprint density at radius 1 is 1.14 bits per heavy atom. The van der Waals surface area contributed by atoms with E-state index in [4.69, 9.17) is 5.14 Å². The van der Waals surface area contributed by atoms with Gasteiger partial charge >= 0.3 is 0 Å². The van der Waals surface area contributed by atoms with Crippen molar-refractivity contribution >= 4 is 21.6 Å². The van der Waals surface area contributed by atoms with Gasteiger partial charge in [-0.05, 0) is 35.9 Å². The van der Waals surface area contributed by atoms with Crippen molar-refractivity contribution in [2.45, 2.75) is 17.7 Å². The van der Waals surface area contributed by atoms with Crippen molar-refractivity contribution < 1.29 is 13.2 Å². The molecule has 0 fully saturated rings. The first-order valence-corrected chi connectivity index (χ1v) is 8.46. The van der Waals surface area contributed by atoms with Crippen molar-refractivity contribution in [3.05, 3.63) is 59.7 Å². The van der Waals surface area contributed by atoms with Crippen molar-refractivity contribution in [1.82, 2.24) is 0 Å². The fourth-order valence-corrected chi connectivity index (χ4v) is 3.27. The Bertz CT molecular complexity index is 829. The van der Waals surface area contributed by atoms with Crippen molar-refractivity contribution in [2.24, 2.45) is 5.14 Å². The summed E-state index contributed by atoms with van der Waals surface area (Å²) in [6.07, 6.45) is 0. The summed E-state index contributed by atoms with van der Waals surface area (Å²) in [6.45, 7) is 2.70. The summed E-state index contributed by atoms with van der Waals surface area (Å²) < 4.78 is 22.5. The number of primary sulfonamides is 1. The van der Waals surface area contributed by atoms with Crippen molar-refractivity contribution in [3.63, 3.8) is 0 Å². The number of nitrogens with two attached hydrogens (primary N) is 1. The second-order valence-corrected chi connectivity index (χ2v) is 7.01. The van der Waals surface area contributed by atoms with Gasteiger partial charge in [0.1, 0.15) is 0 Å². The van der Waals surface area contributed by atoms with Crippen LogP contribution in [0, 0.1) is 0 Å². The van der Waals surface area contributed by atoms with E-state index in [0.29, 0.717) is 12.1 Å². The molecule has 22 heavy (non-hydrogen) atoms. The largest absolute Gasteiger partial charge is 0.307 e. The third-order valence-electron chi connectivity index (χ3n) is 3.89. The Labute approximate surface area is 129 Å². The Kier molecular flexibility index (Phi) is 3.50. The standard InChI is InChI=1S/C16H16N2O3S/c1-11-10-18(15-5-3-2-4-14(11)15)16(19)12-6-8-13(9-7-12)22(17,20)21/h2-9,11H,10H2,1H3,(H2,17,20,21)/t11-/m1/s1. The van der Waals surface area contributed by atoms with E-state index in [0.717, 1.165) is 11.3 Å². The van der Waals surface area contributed by atoms with Gasteiger partial charge in [0.15, 0.2) is 0 Å². The third kappa shape index (κ3) is 2.51. The summed E-state index contributed by atoms with van der Waals surface area (Å²) in [7, 11) is -3.75. The van der Waals surface area contributed by atoms with Crippen LogP contribution in [0.4, 0.5) is 5.69 Å². The molecule has 114 valence electrons. The Balaban J connectivity index is 1.93. The van der Waals surface area contributed by atoms with E-state index < -0.39 is 10.0 Å². The number of rotatable bonds is 2. The minimum absolute atomic E-state index is 0.000704. The van der Waals surface area contributed by atoms with Crippen LogP contribution in [0.15, 0.2) is 53.4 Å². The average Bonchev–Trinajstić information content (AvgIpc) is 2.83. The van der Waals surface area contributed by atoms with Crippen LogP contribution < -0.4 is 10.0 Å². The minimum atomic E-state index is -3.75. The number of nitrogens with zero attached hydrogens (tertiary/aromatic N) is 1. The molecule has 1 amide bonds. The topological polar surface area (TPSA) is 80.5 Å². The monoisotopic (exact) mass is 316 g/mol. The molecule has 2 aromatic carbocycles. The van der Waals surface area contributed by atoms with Gasteiger partial charge in [-0.25, -0.2) is 13.6 Å². The molecule has 0 saturated carbocycles. The Morgan fingerprint density at radius 2 is 1.77 bits per heavy atom. The molecule has 6 heteroatoms. The van der Waals surface area contributed by atoms with Crippen molar-refractivity contribution in [1.29, 1.82) is 0 Å². The number of amides is 1. The first kappa shape index (κ1) is 14.7. The lowest BCUT2D eigenvalue weighted by molar-refractivity contribution is 0.0988. The van der Waals surface area contributed by atoms with Crippen LogP contribution in [0.2, 0.25) is 0 Å². The molecule has 0 aromatic heterocycles. The van der Waals surface area contributed by atoms with Gasteiger partial charge in [-0.3, -0.25) is 4.79 Å². The van der Waals surface area contributed by atoms with Gasteiger partial charge in [0.05, 0.1) is 4.90 Å². The van der Waals surface area contributed by atoms with E-state index in [2.05, 4.69) is 6.92 Å². The van der Waals surface area contributed by atoms with Crippen LogP contribution >= 0.6 is 0 Å². The highest BCUT2D eigenvalue weighted by molar-refractivity contribution is 7.89. The van der Waals surface area contributed by atoms with Crippen molar-refractivity contribution in [2.75, 3.05) is 11.4 Å². The van der Waals surface area contributed by atoms with E-state index in [1.54, 1.807) is 4.90 Å². The lowest BCUT2D eigenvalue weighted by Gasteiger charge is -2.17. The zero-order chi connectivity index (χ0) is 15.9. The number of carbonyl (C=O) groups excluding carboxylic acids is 1. The highest BCUT2D eigenvalue weighted by Gasteiger charge is 2.30. The van der Waals surface area contributed by atoms with Crippen LogP contribution in [-0.4, -0.2) is 20.9 Å². The summed E-state index contributed by atoms with van der Waals surface area (Å²) >= 11 is 0. The fourth-order valence-electron chi connectivity index (χ4n) is 2.76. The molecule has 0 radical (unpaired) electrons. The van der Waals surface area contributed by atoms with E-state index in [1.807, 2.05) is 24.3 Å². The van der Waals surface area contributed by atoms with E-state index >= 15 is 0 Å². The van der Waals surface area contributed by atoms with E-state index in [-0.39, 0.29) is 16.7 Å². The molecule has 0 spiro atoms. The maximum absolute atomic E-state index is 12.7. The molecule has 2 N–H and O–H groups in total. The van der Waals surface area contributed by atoms with Crippen LogP contribution in [0.25, 0.3) is 0 Å². The fraction of sp³-hybridized carbons (Fsp3) is 0.188. The number of anilines is 1. The van der Waals surface area contributed by atoms with Crippen LogP contribution in [0.5, 0.6) is 0 Å². The molecule has 1 aliphatic heterocycles. The summed E-state index contributed by atoms with van der Waals surface area (Å²) in [5, 5.41) is 5.06. The van der Waals surface area contributed by atoms with Gasteiger partial charge in [-0.2, -0.15) is 0 Å². The van der Waals surface area contributed by atoms with Gasteiger partial charge in [0.25, 0.3) is 5.91 Å². The second kappa shape index (κ2) is 5.23. The average molecular weight is 316 g/mol. The molecule has 0 unspecified atom stereocenters. The molecule has 1 atom stereocenters. The Morgan fingerprint density at radius 3 is 2.41 bits per heavy atom. The predicted octanol–water partition coefficient (Wildman–Crippen LogP) is 2.10. The highest BCUT2D eigenvalue weighted by atomic mass is 32.2. The highest BCUT2D eigenvalue weighted by Crippen LogP contribution is 2.36. The van der Waals surface area contributed by atoms with E-state index in [1.165, 1.54) is 24.3 Å². The normalized spacial score (nSPS) is 17.4. The number of para-hydroxylation sites is 1. The molecule has 0 saturated heterocycles. The molecule has 2 aromatic rings. The summed E-state index contributed by atoms with van der Waals surface area (Å²) in [5.74, 6) is 0.140. The smallest absolute Gasteiger partial charge is 0.258 e. The number of fused-ring (bicyclic) bond motifs is 1. The number of benzene rings is 2. The van der Waals surface area contributed by atoms with Crippen molar-refractivity contribution in [3.8, 4) is 0 Å². The van der Waals surface area contributed by atoms with Gasteiger partial charge in [0, 0.05) is 23.7 Å². The lowest BCUT2D eigenvalue weighted by atomic mass is 10.0. The molecule has 1 heterocycles. The van der Waals surface area contributed by atoms with Crippen LogP contribution in [-0.2, 0) is 10.0 Å². The number of carbonyl (C=O) groups is 1. The molecule has 1 aliphatic rings. The maximum Gasteiger partial charge on any atom is 0.258 e. The zero-order valence-electron chi connectivity index (χ0n) is 12.1. The SMILES string of the molecule is C[C@@H]1CN(C(=O)c2ccc(S(N)(=O)=O)cc2)c2ccccc21. The summed E-state index contributed by atoms with van der Waals surface area (Å²) in [6, 6.07) is 13.5. The first-order chi connectivity index (χ1) is 10.4. The maximum atomic E-state index is 12.7. The lowest BCUT2D eigenvalue weighted by Crippen LogP contribution is -2.29. The molecule has 5 nitrogen and oxygen atoms in total. The number of hydrogen-bond acceptors (Lipinski definition) is 3. The third-order valence-corrected chi connectivity index (χ3v) is 4.82. The quantitative estimate of drug-likeness (QED) is 0.921. The summed E-state index contributed by atoms with van der Waals surface area (Å²) in [5.41, 5.74) is 2.50. The molecular formula is C16H16N2O3S. The van der Waals surface area contributed by atoms with Crippen LogP contribution in [0.3, 0.4) is 0 Å². The number of hydrogen-bond donors (Lipinski definition) is 1. The predicted molar refractivity (Wildman–Crippen MR) is 84.3 cm³/mol. The molecular weight excluding hydrogens is 300 g/mol. The molecule has 3 rings (SSSR count). The summed E-state index contributed by atoms with van der Waals surface area (Å²) in [4.78, 5) is 14.4. The van der Waals surface area contributed by atoms with Gasteiger partial charge < -0.3 is 4.90 Å². The minimum Gasteiger partial charge on any atom is -0.307 e. The molecule has 0 bridgehead atoms. The van der Waals surface area contributed by atoms with Gasteiger partial charge in [-0.15, -0.1) is 0 Å². The van der Waals surface area contributed by atoms with Crippen LogP contribution in [0.1, 0.15) is 28.8 Å². The number of sulfonamides is 1. The van der Waals surface area contributed by atoms with E-state index in [9.17, 15) is 13.2 Å².